The topological polar surface area (TPSA) is 76.6 Å². The number of piperazine rings is 1. The standard InChI is InChI=1S/C27H31N5O3/c1-4-34-21-9-7-20(8-10-21)18-30-11-13-31(14-12-30)27(33)22-16-24(25-6-5-15-35-25)29-26-23(22)17-28-32(26)19(2)3/h5-10,15-17,19H,4,11-14,18H2,1-3H3. The Balaban J connectivity index is 1.33. The fourth-order valence-electron chi connectivity index (χ4n) is 4.52. The van der Waals surface area contributed by atoms with Crippen molar-refractivity contribution in [1.29, 1.82) is 0 Å². The first-order valence-electron chi connectivity index (χ1n) is 12.2. The maximum absolute atomic E-state index is 13.7. The van der Waals surface area contributed by atoms with Crippen LogP contribution in [0.15, 0.2) is 59.3 Å². The van der Waals surface area contributed by atoms with Crippen LogP contribution in [-0.2, 0) is 6.54 Å². The van der Waals surface area contributed by atoms with E-state index in [-0.39, 0.29) is 11.9 Å². The monoisotopic (exact) mass is 473 g/mol. The van der Waals surface area contributed by atoms with Gasteiger partial charge in [-0.25, -0.2) is 9.67 Å². The molecule has 0 saturated carbocycles. The molecule has 1 aliphatic heterocycles. The number of amides is 1. The number of aromatic nitrogens is 3. The summed E-state index contributed by atoms with van der Waals surface area (Å²) in [6.45, 7) is 10.6. The molecule has 4 aromatic rings. The summed E-state index contributed by atoms with van der Waals surface area (Å²) in [5.41, 5.74) is 3.20. The number of hydrogen-bond acceptors (Lipinski definition) is 6. The van der Waals surface area contributed by atoms with Gasteiger partial charge >= 0.3 is 0 Å². The Morgan fingerprint density at radius 3 is 2.54 bits per heavy atom. The van der Waals surface area contributed by atoms with Crippen LogP contribution in [0.3, 0.4) is 0 Å². The molecule has 0 radical (unpaired) electrons. The molecule has 5 rings (SSSR count). The molecule has 1 aromatic carbocycles. The molecule has 0 bridgehead atoms. The highest BCUT2D eigenvalue weighted by Gasteiger charge is 2.26. The number of furan rings is 1. The van der Waals surface area contributed by atoms with E-state index < -0.39 is 0 Å². The first-order valence-corrected chi connectivity index (χ1v) is 12.2. The quantitative estimate of drug-likeness (QED) is 0.390. The highest BCUT2D eigenvalue weighted by Crippen LogP contribution is 2.28. The Labute approximate surface area is 205 Å². The second-order valence-corrected chi connectivity index (χ2v) is 9.10. The molecule has 182 valence electrons. The SMILES string of the molecule is CCOc1ccc(CN2CCN(C(=O)c3cc(-c4ccco4)nc4c3cnn4C(C)C)CC2)cc1. The average molecular weight is 474 g/mol. The van der Waals surface area contributed by atoms with Gasteiger partial charge in [-0.15, -0.1) is 0 Å². The van der Waals surface area contributed by atoms with E-state index in [0.29, 0.717) is 42.4 Å². The highest BCUT2D eigenvalue weighted by atomic mass is 16.5. The molecule has 1 saturated heterocycles. The van der Waals surface area contributed by atoms with Crippen LogP contribution in [0.1, 0.15) is 42.7 Å². The van der Waals surface area contributed by atoms with Gasteiger partial charge in [0.2, 0.25) is 0 Å². The summed E-state index contributed by atoms with van der Waals surface area (Å²) in [6, 6.07) is 13.9. The van der Waals surface area contributed by atoms with Crippen molar-refractivity contribution in [1.82, 2.24) is 24.6 Å². The molecular weight excluding hydrogens is 442 g/mol. The number of hydrogen-bond donors (Lipinski definition) is 0. The van der Waals surface area contributed by atoms with E-state index in [2.05, 4.69) is 36.0 Å². The Hall–Kier alpha value is -3.65. The lowest BCUT2D eigenvalue weighted by atomic mass is 10.1. The van der Waals surface area contributed by atoms with Crippen LogP contribution in [0, 0.1) is 0 Å². The van der Waals surface area contributed by atoms with Crippen LogP contribution >= 0.6 is 0 Å². The summed E-state index contributed by atoms with van der Waals surface area (Å²) in [6.07, 6.45) is 3.37. The maximum Gasteiger partial charge on any atom is 0.254 e. The molecule has 35 heavy (non-hydrogen) atoms. The van der Waals surface area contributed by atoms with E-state index in [4.69, 9.17) is 14.1 Å². The van der Waals surface area contributed by atoms with Crippen LogP contribution in [0.5, 0.6) is 5.75 Å². The molecule has 1 amide bonds. The number of rotatable bonds is 7. The lowest BCUT2D eigenvalue weighted by Gasteiger charge is -2.35. The lowest BCUT2D eigenvalue weighted by molar-refractivity contribution is 0.0630. The van der Waals surface area contributed by atoms with Crippen LogP contribution in [0.4, 0.5) is 0 Å². The van der Waals surface area contributed by atoms with Crippen molar-refractivity contribution in [2.45, 2.75) is 33.4 Å². The number of nitrogens with zero attached hydrogens (tertiary/aromatic N) is 5. The van der Waals surface area contributed by atoms with Gasteiger partial charge in [0.1, 0.15) is 11.4 Å². The number of fused-ring (bicyclic) bond motifs is 1. The molecule has 1 aliphatic rings. The predicted octanol–water partition coefficient (Wildman–Crippen LogP) is 4.63. The van der Waals surface area contributed by atoms with Gasteiger partial charge in [-0.3, -0.25) is 9.69 Å². The van der Waals surface area contributed by atoms with Crippen molar-refractivity contribution in [3.05, 3.63) is 66.1 Å². The van der Waals surface area contributed by atoms with Gasteiger partial charge in [0, 0.05) is 38.8 Å². The lowest BCUT2D eigenvalue weighted by Crippen LogP contribution is -2.48. The molecule has 4 heterocycles. The summed E-state index contributed by atoms with van der Waals surface area (Å²) in [4.78, 5) is 22.8. The maximum atomic E-state index is 13.7. The second-order valence-electron chi connectivity index (χ2n) is 9.10. The number of benzene rings is 1. The van der Waals surface area contributed by atoms with Crippen molar-refractivity contribution in [3.8, 4) is 17.2 Å². The van der Waals surface area contributed by atoms with E-state index in [9.17, 15) is 4.79 Å². The largest absolute Gasteiger partial charge is 0.494 e. The first-order chi connectivity index (χ1) is 17.0. The minimum Gasteiger partial charge on any atom is -0.494 e. The number of carbonyl (C=O) groups is 1. The molecular formula is C27H31N5O3. The van der Waals surface area contributed by atoms with E-state index in [1.54, 1.807) is 12.5 Å². The molecule has 0 N–H and O–H groups in total. The summed E-state index contributed by atoms with van der Waals surface area (Å²) < 4.78 is 13.0. The smallest absolute Gasteiger partial charge is 0.254 e. The molecule has 0 atom stereocenters. The van der Waals surface area contributed by atoms with E-state index >= 15 is 0 Å². The fourth-order valence-corrected chi connectivity index (χ4v) is 4.52. The van der Waals surface area contributed by atoms with Crippen LogP contribution < -0.4 is 4.74 Å². The van der Waals surface area contributed by atoms with Gasteiger partial charge in [0.25, 0.3) is 5.91 Å². The second kappa shape index (κ2) is 9.92. The predicted molar refractivity (Wildman–Crippen MR) is 134 cm³/mol. The van der Waals surface area contributed by atoms with Gasteiger partial charge in [-0.05, 0) is 56.7 Å². The minimum absolute atomic E-state index is 0.00855. The molecule has 1 fully saturated rings. The Morgan fingerprint density at radius 2 is 1.89 bits per heavy atom. The third-order valence-corrected chi connectivity index (χ3v) is 6.36. The molecule has 0 unspecified atom stereocenters. The third kappa shape index (κ3) is 4.79. The van der Waals surface area contributed by atoms with E-state index in [1.165, 1.54) is 5.56 Å². The minimum atomic E-state index is 0.00855. The Morgan fingerprint density at radius 1 is 1.11 bits per heavy atom. The van der Waals surface area contributed by atoms with Gasteiger partial charge < -0.3 is 14.1 Å². The average Bonchev–Trinajstić information content (AvgIpc) is 3.55. The zero-order valence-corrected chi connectivity index (χ0v) is 20.5. The van der Waals surface area contributed by atoms with Crippen LogP contribution in [0.25, 0.3) is 22.5 Å². The van der Waals surface area contributed by atoms with Crippen molar-refractivity contribution in [3.63, 3.8) is 0 Å². The normalized spacial score (nSPS) is 14.7. The van der Waals surface area contributed by atoms with Crippen molar-refractivity contribution in [2.75, 3.05) is 32.8 Å². The summed E-state index contributed by atoms with van der Waals surface area (Å²) in [7, 11) is 0. The van der Waals surface area contributed by atoms with Crippen LogP contribution in [-0.4, -0.2) is 63.3 Å². The van der Waals surface area contributed by atoms with Gasteiger partial charge in [0.15, 0.2) is 11.4 Å². The number of pyridine rings is 1. The number of ether oxygens (including phenoxy) is 1. The molecule has 0 aliphatic carbocycles. The zero-order chi connectivity index (χ0) is 24.4. The zero-order valence-electron chi connectivity index (χ0n) is 20.5. The molecule has 8 heteroatoms. The van der Waals surface area contributed by atoms with Crippen molar-refractivity contribution >= 4 is 16.9 Å². The molecule has 8 nitrogen and oxygen atoms in total. The molecule has 3 aromatic heterocycles. The van der Waals surface area contributed by atoms with Gasteiger partial charge in [-0.2, -0.15) is 5.10 Å². The van der Waals surface area contributed by atoms with Crippen molar-refractivity contribution < 1.29 is 13.9 Å². The Kier molecular flexibility index (Phi) is 6.55. The van der Waals surface area contributed by atoms with Crippen LogP contribution in [0.2, 0.25) is 0 Å². The third-order valence-electron chi connectivity index (χ3n) is 6.36. The number of carbonyl (C=O) groups excluding carboxylic acids is 1. The molecule has 0 spiro atoms. The summed E-state index contributed by atoms with van der Waals surface area (Å²) in [5.74, 6) is 1.54. The first kappa shape index (κ1) is 23.1. The van der Waals surface area contributed by atoms with Gasteiger partial charge in [0.05, 0.1) is 30.0 Å². The summed E-state index contributed by atoms with van der Waals surface area (Å²) >= 11 is 0. The van der Waals surface area contributed by atoms with Crippen molar-refractivity contribution in [2.24, 2.45) is 0 Å². The van der Waals surface area contributed by atoms with Gasteiger partial charge in [-0.1, -0.05) is 12.1 Å². The van der Waals surface area contributed by atoms with E-state index in [1.807, 2.05) is 46.8 Å². The summed E-state index contributed by atoms with van der Waals surface area (Å²) in [5, 5.41) is 5.29. The highest BCUT2D eigenvalue weighted by molar-refractivity contribution is 6.06. The fraction of sp³-hybridized carbons (Fsp3) is 0.370. The Bertz CT molecular complexity index is 1290. The van der Waals surface area contributed by atoms with E-state index in [0.717, 1.165) is 30.8 Å².